The van der Waals surface area contributed by atoms with Gasteiger partial charge in [0, 0.05) is 6.54 Å². The summed E-state index contributed by atoms with van der Waals surface area (Å²) < 4.78 is 5.06. The molecule has 0 fully saturated rings. The van der Waals surface area contributed by atoms with Gasteiger partial charge in [-0.3, -0.25) is 4.79 Å². The number of aromatic hydroxyl groups is 1. The minimum absolute atomic E-state index is 0.0612. The molecule has 0 saturated heterocycles. The molecule has 0 aliphatic heterocycles. The number of aryl methyl sites for hydroxylation is 2. The van der Waals surface area contributed by atoms with Gasteiger partial charge in [-0.05, 0) is 43.2 Å². The molecule has 0 radical (unpaired) electrons. The fourth-order valence-electron chi connectivity index (χ4n) is 2.14. The Bertz CT molecular complexity index is 665. The van der Waals surface area contributed by atoms with Crippen LogP contribution in [0.4, 0.5) is 0 Å². The van der Waals surface area contributed by atoms with Gasteiger partial charge in [0.1, 0.15) is 11.5 Å². The largest absolute Gasteiger partial charge is 0.507 e. The molecule has 2 aromatic rings. The molecule has 2 rings (SSSR count). The first-order valence-electron chi connectivity index (χ1n) is 6.72. The number of amides is 1. The molecule has 0 saturated carbocycles. The van der Waals surface area contributed by atoms with Gasteiger partial charge in [-0.25, -0.2) is 0 Å². The summed E-state index contributed by atoms with van der Waals surface area (Å²) in [5.41, 5.74) is 3.58. The van der Waals surface area contributed by atoms with Crippen molar-refractivity contribution in [1.29, 1.82) is 0 Å². The van der Waals surface area contributed by atoms with E-state index in [0.717, 1.165) is 11.1 Å². The highest BCUT2D eigenvalue weighted by Gasteiger charge is 2.12. The van der Waals surface area contributed by atoms with E-state index in [0.29, 0.717) is 12.3 Å². The molecule has 2 aromatic carbocycles. The quantitative estimate of drug-likeness (QED) is 0.908. The average Bonchev–Trinajstić information content (AvgIpc) is 2.46. The Labute approximate surface area is 124 Å². The van der Waals surface area contributed by atoms with Crippen molar-refractivity contribution in [2.75, 3.05) is 7.11 Å². The zero-order valence-corrected chi connectivity index (χ0v) is 12.4. The minimum Gasteiger partial charge on any atom is -0.507 e. The van der Waals surface area contributed by atoms with Crippen molar-refractivity contribution in [1.82, 2.24) is 5.32 Å². The van der Waals surface area contributed by atoms with E-state index in [1.165, 1.54) is 24.8 Å². The molecule has 4 nitrogen and oxygen atoms in total. The lowest BCUT2D eigenvalue weighted by Gasteiger charge is -2.10. The van der Waals surface area contributed by atoms with E-state index in [9.17, 15) is 9.90 Å². The fraction of sp³-hybridized carbons (Fsp3) is 0.235. The van der Waals surface area contributed by atoms with Gasteiger partial charge in [-0.2, -0.15) is 0 Å². The van der Waals surface area contributed by atoms with Crippen LogP contribution in [0.3, 0.4) is 0 Å². The lowest BCUT2D eigenvalue weighted by Crippen LogP contribution is -2.23. The number of nitrogens with one attached hydrogen (secondary N) is 1. The van der Waals surface area contributed by atoms with Crippen LogP contribution in [-0.2, 0) is 6.54 Å². The maximum absolute atomic E-state index is 12.2. The Morgan fingerprint density at radius 3 is 2.62 bits per heavy atom. The van der Waals surface area contributed by atoms with Crippen LogP contribution >= 0.6 is 0 Å². The van der Waals surface area contributed by atoms with Crippen LogP contribution in [0, 0.1) is 13.8 Å². The second kappa shape index (κ2) is 6.31. The molecular formula is C17H19NO3. The number of rotatable bonds is 4. The molecule has 0 heterocycles. The number of phenolic OH excluding ortho intramolecular Hbond substituents is 1. The number of phenols is 1. The molecule has 2 N–H and O–H groups in total. The Kier molecular flexibility index (Phi) is 4.48. The summed E-state index contributed by atoms with van der Waals surface area (Å²) >= 11 is 0. The van der Waals surface area contributed by atoms with Crippen molar-refractivity contribution in [3.63, 3.8) is 0 Å². The number of hydrogen-bond acceptors (Lipinski definition) is 3. The van der Waals surface area contributed by atoms with Gasteiger partial charge in [0.15, 0.2) is 0 Å². The topological polar surface area (TPSA) is 58.6 Å². The van der Waals surface area contributed by atoms with Gasteiger partial charge >= 0.3 is 0 Å². The van der Waals surface area contributed by atoms with Crippen molar-refractivity contribution >= 4 is 5.91 Å². The lowest BCUT2D eigenvalue weighted by molar-refractivity contribution is 0.0948. The first-order valence-corrected chi connectivity index (χ1v) is 6.72. The van der Waals surface area contributed by atoms with Crippen LogP contribution in [0.1, 0.15) is 27.0 Å². The van der Waals surface area contributed by atoms with E-state index in [1.807, 2.05) is 26.0 Å². The van der Waals surface area contributed by atoms with Crippen molar-refractivity contribution in [2.24, 2.45) is 0 Å². The third-order valence-corrected chi connectivity index (χ3v) is 3.39. The highest BCUT2D eigenvalue weighted by atomic mass is 16.5. The number of carbonyl (C=O) groups excluding carboxylic acids is 1. The minimum atomic E-state index is -0.327. The summed E-state index contributed by atoms with van der Waals surface area (Å²) in [6.45, 7) is 4.46. The molecule has 21 heavy (non-hydrogen) atoms. The summed E-state index contributed by atoms with van der Waals surface area (Å²) in [4.78, 5) is 12.2. The second-order valence-electron chi connectivity index (χ2n) is 5.00. The molecule has 0 aliphatic rings. The molecule has 0 spiro atoms. The third kappa shape index (κ3) is 3.54. The second-order valence-corrected chi connectivity index (χ2v) is 5.00. The number of ether oxygens (including phenoxy) is 1. The van der Waals surface area contributed by atoms with E-state index in [-0.39, 0.29) is 17.2 Å². The first kappa shape index (κ1) is 14.9. The molecule has 110 valence electrons. The van der Waals surface area contributed by atoms with Crippen molar-refractivity contribution in [3.8, 4) is 11.5 Å². The first-order chi connectivity index (χ1) is 10.0. The van der Waals surface area contributed by atoms with Crippen molar-refractivity contribution < 1.29 is 14.6 Å². The average molecular weight is 285 g/mol. The summed E-state index contributed by atoms with van der Waals surface area (Å²) in [5.74, 6) is 0.143. The van der Waals surface area contributed by atoms with Crippen LogP contribution in [-0.4, -0.2) is 18.1 Å². The molecular weight excluding hydrogens is 266 g/mol. The van der Waals surface area contributed by atoms with Crippen LogP contribution in [0.2, 0.25) is 0 Å². The van der Waals surface area contributed by atoms with E-state index in [2.05, 4.69) is 11.4 Å². The molecule has 0 aliphatic carbocycles. The monoisotopic (exact) mass is 285 g/mol. The number of hydrogen-bond donors (Lipinski definition) is 2. The predicted octanol–water partition coefficient (Wildman–Crippen LogP) is 2.95. The maximum atomic E-state index is 12.2. The third-order valence-electron chi connectivity index (χ3n) is 3.39. The molecule has 0 bridgehead atoms. The maximum Gasteiger partial charge on any atom is 0.255 e. The smallest absolute Gasteiger partial charge is 0.255 e. The van der Waals surface area contributed by atoms with Gasteiger partial charge in [-0.15, -0.1) is 0 Å². The molecule has 4 heteroatoms. The Morgan fingerprint density at radius 1 is 1.19 bits per heavy atom. The highest BCUT2D eigenvalue weighted by molar-refractivity contribution is 5.97. The molecule has 0 aromatic heterocycles. The molecule has 0 atom stereocenters. The summed E-state index contributed by atoms with van der Waals surface area (Å²) in [6, 6.07) is 10.7. The van der Waals surface area contributed by atoms with Crippen LogP contribution in [0.15, 0.2) is 36.4 Å². The van der Waals surface area contributed by atoms with E-state index in [4.69, 9.17) is 4.74 Å². The van der Waals surface area contributed by atoms with Gasteiger partial charge in [-0.1, -0.05) is 23.8 Å². The number of methoxy groups -OCH3 is 1. The standard InChI is InChI=1S/C17H19NO3/c1-11-4-5-13(12(2)8-11)10-18-17(20)15-9-14(21-3)6-7-16(15)19/h4-9,19H,10H2,1-3H3,(H,18,20). The van der Waals surface area contributed by atoms with E-state index < -0.39 is 0 Å². The van der Waals surface area contributed by atoms with E-state index in [1.54, 1.807) is 6.07 Å². The number of benzene rings is 2. The van der Waals surface area contributed by atoms with Gasteiger partial charge in [0.25, 0.3) is 5.91 Å². The number of carbonyl (C=O) groups is 1. The van der Waals surface area contributed by atoms with Gasteiger partial charge in [0.2, 0.25) is 0 Å². The van der Waals surface area contributed by atoms with Crippen LogP contribution < -0.4 is 10.1 Å². The zero-order valence-electron chi connectivity index (χ0n) is 12.4. The summed E-state index contributed by atoms with van der Waals surface area (Å²) in [7, 11) is 1.52. The van der Waals surface area contributed by atoms with Crippen molar-refractivity contribution in [2.45, 2.75) is 20.4 Å². The van der Waals surface area contributed by atoms with Crippen LogP contribution in [0.5, 0.6) is 11.5 Å². The zero-order chi connectivity index (χ0) is 15.4. The van der Waals surface area contributed by atoms with Gasteiger partial charge < -0.3 is 15.2 Å². The van der Waals surface area contributed by atoms with Gasteiger partial charge in [0.05, 0.1) is 12.7 Å². The molecule has 0 unspecified atom stereocenters. The summed E-state index contributed by atoms with van der Waals surface area (Å²) in [6.07, 6.45) is 0. The van der Waals surface area contributed by atoms with Crippen LogP contribution in [0.25, 0.3) is 0 Å². The Balaban J connectivity index is 2.11. The Hall–Kier alpha value is -2.49. The highest BCUT2D eigenvalue weighted by Crippen LogP contribution is 2.22. The predicted molar refractivity (Wildman–Crippen MR) is 81.7 cm³/mol. The van der Waals surface area contributed by atoms with E-state index >= 15 is 0 Å². The lowest BCUT2D eigenvalue weighted by atomic mass is 10.1. The fourth-order valence-corrected chi connectivity index (χ4v) is 2.14. The Morgan fingerprint density at radius 2 is 1.95 bits per heavy atom. The SMILES string of the molecule is COc1ccc(O)c(C(=O)NCc2ccc(C)cc2C)c1. The normalized spacial score (nSPS) is 10.2. The molecule has 1 amide bonds. The summed E-state index contributed by atoms with van der Waals surface area (Å²) in [5, 5.41) is 12.6. The van der Waals surface area contributed by atoms with Crippen molar-refractivity contribution in [3.05, 3.63) is 58.7 Å².